The van der Waals surface area contributed by atoms with Crippen molar-refractivity contribution in [1.29, 1.82) is 0 Å². The van der Waals surface area contributed by atoms with Gasteiger partial charge in [-0.05, 0) is 49.2 Å². The zero-order chi connectivity index (χ0) is 18.0. The van der Waals surface area contributed by atoms with E-state index in [1.165, 1.54) is 4.31 Å². The number of rotatable bonds is 6. The van der Waals surface area contributed by atoms with Gasteiger partial charge in [0.1, 0.15) is 5.75 Å². The molecule has 7 heteroatoms. The quantitative estimate of drug-likeness (QED) is 0.722. The van der Waals surface area contributed by atoms with E-state index in [4.69, 9.17) is 16.3 Å². The van der Waals surface area contributed by atoms with Gasteiger partial charge < -0.3 is 4.74 Å². The number of benzene rings is 2. The van der Waals surface area contributed by atoms with Crippen molar-refractivity contribution in [2.24, 2.45) is 0 Å². The van der Waals surface area contributed by atoms with Gasteiger partial charge in [0, 0.05) is 12.1 Å². The predicted molar refractivity (Wildman–Crippen MR) is 98.2 cm³/mol. The van der Waals surface area contributed by atoms with E-state index in [2.05, 4.69) is 0 Å². The molecule has 2 aromatic rings. The molecule has 1 aliphatic rings. The first-order valence-corrected chi connectivity index (χ1v) is 9.95. The van der Waals surface area contributed by atoms with E-state index >= 15 is 0 Å². The first-order chi connectivity index (χ1) is 11.9. The van der Waals surface area contributed by atoms with Crippen LogP contribution in [0.1, 0.15) is 22.8 Å². The first-order valence-electron chi connectivity index (χ1n) is 7.96. The lowest BCUT2D eigenvalue weighted by Crippen LogP contribution is -2.30. The third kappa shape index (κ3) is 3.65. The monoisotopic (exact) mass is 379 g/mol. The van der Waals surface area contributed by atoms with Crippen molar-refractivity contribution in [3.8, 4) is 5.75 Å². The van der Waals surface area contributed by atoms with Gasteiger partial charge in [-0.1, -0.05) is 23.7 Å². The number of fused-ring (bicyclic) bond motifs is 1. The fraction of sp³-hybridized carbons (Fsp3) is 0.278. The van der Waals surface area contributed by atoms with Crippen LogP contribution in [0.25, 0.3) is 0 Å². The van der Waals surface area contributed by atoms with Gasteiger partial charge in [-0.3, -0.25) is 9.10 Å². The summed E-state index contributed by atoms with van der Waals surface area (Å²) in [6.07, 6.45) is 0.598. The number of anilines is 1. The number of para-hydroxylation sites is 1. The van der Waals surface area contributed by atoms with Crippen LogP contribution in [0, 0.1) is 0 Å². The molecular formula is C18H18ClNO4S. The normalized spacial score (nSPS) is 13.6. The predicted octanol–water partition coefficient (Wildman–Crippen LogP) is 3.31. The molecule has 0 radical (unpaired) electrons. The number of halogens is 1. The van der Waals surface area contributed by atoms with E-state index in [0.717, 1.165) is 5.56 Å². The summed E-state index contributed by atoms with van der Waals surface area (Å²) < 4.78 is 31.1. The lowest BCUT2D eigenvalue weighted by Gasteiger charge is -2.18. The molecule has 0 spiro atoms. The van der Waals surface area contributed by atoms with Gasteiger partial charge in [0.2, 0.25) is 10.0 Å². The van der Waals surface area contributed by atoms with Crippen LogP contribution in [-0.2, 0) is 16.4 Å². The second kappa shape index (κ2) is 7.06. The zero-order valence-corrected chi connectivity index (χ0v) is 15.3. The van der Waals surface area contributed by atoms with E-state index in [1.54, 1.807) is 49.4 Å². The molecule has 132 valence electrons. The summed E-state index contributed by atoms with van der Waals surface area (Å²) >= 11 is 6.00. The highest BCUT2D eigenvalue weighted by Gasteiger charge is 2.28. The summed E-state index contributed by atoms with van der Waals surface area (Å²) in [6, 6.07) is 12.0. The van der Waals surface area contributed by atoms with Crippen molar-refractivity contribution in [1.82, 2.24) is 0 Å². The first kappa shape index (κ1) is 17.8. The fourth-order valence-corrected chi connectivity index (χ4v) is 4.13. The van der Waals surface area contributed by atoms with Gasteiger partial charge in [-0.2, -0.15) is 0 Å². The molecule has 0 fully saturated rings. The average Bonchev–Trinajstić information content (AvgIpc) is 3.04. The number of nitrogens with zero attached hydrogens (tertiary/aromatic N) is 1. The lowest BCUT2D eigenvalue weighted by molar-refractivity contribution is 0.0921. The van der Waals surface area contributed by atoms with Crippen LogP contribution in [0.15, 0.2) is 42.5 Å². The SMILES string of the molecule is CCS(=O)(=O)N1CCc2cc(C(=O)COc3ccccc3Cl)ccc21. The molecule has 1 aliphatic heterocycles. The maximum Gasteiger partial charge on any atom is 0.234 e. The van der Waals surface area contributed by atoms with Gasteiger partial charge in [0.25, 0.3) is 0 Å². The number of hydrogen-bond donors (Lipinski definition) is 0. The van der Waals surface area contributed by atoms with Crippen LogP contribution < -0.4 is 9.04 Å². The average molecular weight is 380 g/mol. The molecule has 0 bridgehead atoms. The van der Waals surface area contributed by atoms with E-state index in [9.17, 15) is 13.2 Å². The number of Topliss-reactive ketones (excluding diaryl/α,β-unsaturated/α-hetero) is 1. The molecule has 0 atom stereocenters. The summed E-state index contributed by atoms with van der Waals surface area (Å²) in [5, 5.41) is 0.449. The van der Waals surface area contributed by atoms with Gasteiger partial charge in [0.05, 0.1) is 16.5 Å². The minimum Gasteiger partial charge on any atom is -0.484 e. The Hall–Kier alpha value is -2.05. The molecule has 0 aromatic heterocycles. The molecule has 3 rings (SSSR count). The summed E-state index contributed by atoms with van der Waals surface area (Å²) in [7, 11) is -3.29. The van der Waals surface area contributed by atoms with Gasteiger partial charge in [0.15, 0.2) is 12.4 Å². The molecule has 25 heavy (non-hydrogen) atoms. The Morgan fingerprint density at radius 2 is 2.00 bits per heavy atom. The van der Waals surface area contributed by atoms with E-state index < -0.39 is 10.0 Å². The molecule has 1 heterocycles. The number of carbonyl (C=O) groups excluding carboxylic acids is 1. The number of ketones is 1. The second-order valence-corrected chi connectivity index (χ2v) is 8.30. The Morgan fingerprint density at radius 3 is 2.72 bits per heavy atom. The van der Waals surface area contributed by atoms with Crippen LogP contribution in [-0.4, -0.2) is 33.1 Å². The van der Waals surface area contributed by atoms with E-state index in [0.29, 0.717) is 35.0 Å². The molecule has 0 saturated carbocycles. The molecule has 5 nitrogen and oxygen atoms in total. The van der Waals surface area contributed by atoms with Crippen LogP contribution in [0.4, 0.5) is 5.69 Å². The van der Waals surface area contributed by atoms with Gasteiger partial charge in [-0.25, -0.2) is 8.42 Å². The van der Waals surface area contributed by atoms with Crippen molar-refractivity contribution in [2.45, 2.75) is 13.3 Å². The maximum atomic E-state index is 12.4. The highest BCUT2D eigenvalue weighted by atomic mass is 35.5. The van der Waals surface area contributed by atoms with Crippen molar-refractivity contribution in [2.75, 3.05) is 23.2 Å². The van der Waals surface area contributed by atoms with Gasteiger partial charge >= 0.3 is 0 Å². The Balaban J connectivity index is 1.75. The second-order valence-electron chi connectivity index (χ2n) is 5.71. The maximum absolute atomic E-state index is 12.4. The number of ether oxygens (including phenoxy) is 1. The van der Waals surface area contributed by atoms with E-state index in [-0.39, 0.29) is 18.1 Å². The van der Waals surface area contributed by atoms with Crippen LogP contribution >= 0.6 is 11.6 Å². The molecule has 2 aromatic carbocycles. The van der Waals surface area contributed by atoms with E-state index in [1.807, 2.05) is 0 Å². The third-order valence-electron chi connectivity index (χ3n) is 4.15. The zero-order valence-electron chi connectivity index (χ0n) is 13.7. The standard InChI is InChI=1S/C18H18ClNO4S/c1-2-25(22,23)20-10-9-13-11-14(7-8-16(13)20)17(21)12-24-18-6-4-3-5-15(18)19/h3-8,11H,2,9-10,12H2,1H3. The summed E-state index contributed by atoms with van der Waals surface area (Å²) in [5.74, 6) is 0.331. The Bertz CT molecular complexity index is 911. The Labute approximate surface area is 152 Å². The van der Waals surface area contributed by atoms with Crippen molar-refractivity contribution >= 4 is 33.1 Å². The molecule has 0 N–H and O–H groups in total. The molecule has 0 aliphatic carbocycles. The number of hydrogen-bond acceptors (Lipinski definition) is 4. The fourth-order valence-electron chi connectivity index (χ4n) is 2.78. The minimum absolute atomic E-state index is 0.0544. The molecular weight excluding hydrogens is 362 g/mol. The van der Waals surface area contributed by atoms with Gasteiger partial charge in [-0.15, -0.1) is 0 Å². The highest BCUT2D eigenvalue weighted by molar-refractivity contribution is 7.92. The minimum atomic E-state index is -3.29. The highest BCUT2D eigenvalue weighted by Crippen LogP contribution is 2.31. The molecule has 0 saturated heterocycles. The molecule has 0 unspecified atom stereocenters. The molecule has 0 amide bonds. The largest absolute Gasteiger partial charge is 0.484 e. The smallest absolute Gasteiger partial charge is 0.234 e. The Morgan fingerprint density at radius 1 is 1.24 bits per heavy atom. The Kier molecular flexibility index (Phi) is 5.01. The van der Waals surface area contributed by atoms with Crippen LogP contribution in [0.3, 0.4) is 0 Å². The lowest BCUT2D eigenvalue weighted by atomic mass is 10.1. The van der Waals surface area contributed by atoms with Crippen molar-refractivity contribution < 1.29 is 17.9 Å². The van der Waals surface area contributed by atoms with Crippen LogP contribution in [0.5, 0.6) is 5.75 Å². The topological polar surface area (TPSA) is 63.7 Å². The summed E-state index contributed by atoms with van der Waals surface area (Å²) in [4.78, 5) is 12.4. The van der Waals surface area contributed by atoms with Crippen LogP contribution in [0.2, 0.25) is 5.02 Å². The number of carbonyl (C=O) groups is 1. The summed E-state index contributed by atoms with van der Waals surface area (Å²) in [5.41, 5.74) is 2.02. The number of sulfonamides is 1. The summed E-state index contributed by atoms with van der Waals surface area (Å²) in [6.45, 7) is 1.91. The van der Waals surface area contributed by atoms with Crippen molar-refractivity contribution in [3.05, 3.63) is 58.6 Å². The van der Waals surface area contributed by atoms with Crippen molar-refractivity contribution in [3.63, 3.8) is 0 Å². The third-order valence-corrected chi connectivity index (χ3v) is 6.24.